The van der Waals surface area contributed by atoms with Crippen molar-refractivity contribution in [3.8, 4) is 0 Å². The highest BCUT2D eigenvalue weighted by Crippen LogP contribution is 2.59. The van der Waals surface area contributed by atoms with Crippen molar-refractivity contribution in [3.05, 3.63) is 83.6 Å². The highest BCUT2D eigenvalue weighted by atomic mass is 15.3. The Morgan fingerprint density at radius 1 is 1.10 bits per heavy atom. The lowest BCUT2D eigenvalue weighted by Gasteiger charge is -2.49. The van der Waals surface area contributed by atoms with Crippen LogP contribution in [0.3, 0.4) is 0 Å². The van der Waals surface area contributed by atoms with Gasteiger partial charge < -0.3 is 10.9 Å². The molecule has 2 N–H and O–H groups in total. The van der Waals surface area contributed by atoms with Crippen LogP contribution in [0.1, 0.15) is 25.3 Å². The second-order valence-corrected chi connectivity index (χ2v) is 8.57. The number of fused-ring (bicyclic) bond motifs is 2. The molecule has 4 aliphatic rings. The van der Waals surface area contributed by atoms with Crippen LogP contribution in [-0.2, 0) is 5.41 Å². The Balaban J connectivity index is 1.44. The fraction of sp³-hybridized carbons (Fsp3) is 0.320. The molecule has 3 fully saturated rings. The number of hydrogen-bond donors (Lipinski definition) is 2. The van der Waals surface area contributed by atoms with Crippen LogP contribution in [-0.4, -0.2) is 29.7 Å². The second kappa shape index (κ2) is 6.33. The molecule has 0 radical (unpaired) electrons. The predicted molar refractivity (Wildman–Crippen MR) is 118 cm³/mol. The van der Waals surface area contributed by atoms with Crippen molar-refractivity contribution in [2.24, 2.45) is 10.9 Å². The van der Waals surface area contributed by atoms with Gasteiger partial charge in [-0.15, -0.1) is 0 Å². The highest BCUT2D eigenvalue weighted by molar-refractivity contribution is 6.15. The number of aliphatic imine (C=N–C) groups is 1. The van der Waals surface area contributed by atoms with E-state index >= 15 is 0 Å². The average Bonchev–Trinajstić information content (AvgIpc) is 3.32. The van der Waals surface area contributed by atoms with E-state index in [-0.39, 0.29) is 5.41 Å². The van der Waals surface area contributed by atoms with Gasteiger partial charge in [0.25, 0.3) is 0 Å². The van der Waals surface area contributed by atoms with Crippen molar-refractivity contribution in [1.82, 2.24) is 10.3 Å². The third-order valence-electron chi connectivity index (χ3n) is 7.37. The van der Waals surface area contributed by atoms with Crippen LogP contribution in [0, 0.1) is 5.92 Å². The molecule has 1 aliphatic carbocycles. The summed E-state index contributed by atoms with van der Waals surface area (Å²) in [7, 11) is 0. The molecule has 2 saturated heterocycles. The summed E-state index contributed by atoms with van der Waals surface area (Å²) in [4.78, 5) is 7.93. The van der Waals surface area contributed by atoms with Gasteiger partial charge in [0.2, 0.25) is 0 Å². The first-order valence-electron chi connectivity index (χ1n) is 10.7. The topological polar surface area (TPSA) is 39.7 Å². The van der Waals surface area contributed by atoms with Gasteiger partial charge in [-0.1, -0.05) is 48.0 Å². The summed E-state index contributed by atoms with van der Waals surface area (Å²) < 4.78 is 0. The minimum absolute atomic E-state index is 0.0621. The molecule has 4 nitrogen and oxygen atoms in total. The van der Waals surface area contributed by atoms with E-state index in [0.717, 1.165) is 18.8 Å². The Labute approximate surface area is 172 Å². The zero-order valence-corrected chi connectivity index (χ0v) is 16.7. The van der Waals surface area contributed by atoms with Crippen LogP contribution in [0.15, 0.2) is 83.0 Å². The van der Waals surface area contributed by atoms with Crippen LogP contribution in [0.5, 0.6) is 0 Å². The van der Waals surface area contributed by atoms with Crippen molar-refractivity contribution in [1.29, 1.82) is 0 Å². The number of para-hydroxylation sites is 2. The van der Waals surface area contributed by atoms with E-state index in [1.54, 1.807) is 0 Å². The van der Waals surface area contributed by atoms with Gasteiger partial charge in [0.1, 0.15) is 0 Å². The molecule has 0 unspecified atom stereocenters. The normalized spacial score (nSPS) is 32.1. The largest absolute Gasteiger partial charge is 0.308 e. The Hall–Kier alpha value is -2.85. The average molecular weight is 383 g/mol. The lowest BCUT2D eigenvalue weighted by Crippen LogP contribution is -2.56. The van der Waals surface area contributed by atoms with E-state index in [1.165, 1.54) is 41.0 Å². The van der Waals surface area contributed by atoms with Gasteiger partial charge >= 0.3 is 0 Å². The maximum absolute atomic E-state index is 5.23. The zero-order valence-electron chi connectivity index (χ0n) is 16.7. The molecule has 0 amide bonds. The van der Waals surface area contributed by atoms with Crippen molar-refractivity contribution >= 4 is 17.1 Å². The number of nitrogens with zero attached hydrogens (tertiary/aromatic N) is 2. The number of allylic oxidation sites excluding steroid dienone is 2. The Bertz CT molecular complexity index is 1050. The molecule has 3 aliphatic heterocycles. The third kappa shape index (κ3) is 2.32. The molecule has 1 saturated carbocycles. The van der Waals surface area contributed by atoms with Crippen LogP contribution >= 0.6 is 0 Å². The number of piperidine rings is 1. The summed E-state index contributed by atoms with van der Waals surface area (Å²) in [6.07, 6.45) is 6.86. The SMILES string of the molecule is C/C=C1\CN2CC[C@@]34C(=Nc5ccccc53)/C(=C\NNc3ccccc3)[C@H]1C[C@H]24. The molecule has 6 rings (SSSR count). The molecule has 0 aromatic heterocycles. The van der Waals surface area contributed by atoms with Crippen molar-refractivity contribution < 1.29 is 0 Å². The molecule has 3 atom stereocenters. The maximum atomic E-state index is 5.23. The summed E-state index contributed by atoms with van der Waals surface area (Å²) in [6, 6.07) is 19.6. The summed E-state index contributed by atoms with van der Waals surface area (Å²) >= 11 is 0. The number of benzene rings is 2. The molecule has 146 valence electrons. The lowest BCUT2D eigenvalue weighted by molar-refractivity contribution is 0.179. The Morgan fingerprint density at radius 3 is 2.79 bits per heavy atom. The molecular weight excluding hydrogens is 356 g/mol. The van der Waals surface area contributed by atoms with Gasteiger partial charge in [-0.25, -0.2) is 0 Å². The van der Waals surface area contributed by atoms with E-state index in [1.807, 2.05) is 18.2 Å². The number of hydrazine groups is 1. The standard InChI is InChI=1S/C25H26N4/c1-2-17-16-29-13-12-25-21-10-6-7-11-22(21)27-24(25)20(19(17)14-23(25)29)15-26-28-18-8-4-3-5-9-18/h2-11,15,19,23,26,28H,12-14,16H2,1H3/b17-2+,20-15-/t19-,23-,25+/m0/s1. The monoisotopic (exact) mass is 382 g/mol. The van der Waals surface area contributed by atoms with Gasteiger partial charge in [0.05, 0.1) is 22.5 Å². The minimum atomic E-state index is 0.0621. The fourth-order valence-electron chi connectivity index (χ4n) is 6.09. The van der Waals surface area contributed by atoms with Crippen molar-refractivity contribution in [2.75, 3.05) is 18.5 Å². The number of nitrogens with one attached hydrogen (secondary N) is 2. The molecular formula is C25H26N4. The van der Waals surface area contributed by atoms with E-state index in [0.29, 0.717) is 12.0 Å². The number of anilines is 1. The lowest BCUT2D eigenvalue weighted by atomic mass is 9.59. The smallest absolute Gasteiger partial charge is 0.0675 e. The molecule has 4 heteroatoms. The van der Waals surface area contributed by atoms with Crippen LogP contribution in [0.4, 0.5) is 11.4 Å². The van der Waals surface area contributed by atoms with Gasteiger partial charge in [-0.3, -0.25) is 9.89 Å². The number of rotatable bonds is 3. The van der Waals surface area contributed by atoms with Gasteiger partial charge in [0.15, 0.2) is 0 Å². The summed E-state index contributed by atoms with van der Waals surface area (Å²) in [5.74, 6) is 0.450. The van der Waals surface area contributed by atoms with Crippen molar-refractivity contribution in [3.63, 3.8) is 0 Å². The van der Waals surface area contributed by atoms with Crippen LogP contribution in [0.2, 0.25) is 0 Å². The highest BCUT2D eigenvalue weighted by Gasteiger charge is 2.61. The maximum Gasteiger partial charge on any atom is 0.0675 e. The Kier molecular flexibility index (Phi) is 3.72. The molecule has 2 bridgehead atoms. The van der Waals surface area contributed by atoms with Gasteiger partial charge in [-0.05, 0) is 49.1 Å². The van der Waals surface area contributed by atoms with Crippen LogP contribution < -0.4 is 10.9 Å². The fourth-order valence-corrected chi connectivity index (χ4v) is 6.09. The summed E-state index contributed by atoms with van der Waals surface area (Å²) in [6.45, 7) is 4.43. The third-order valence-corrected chi connectivity index (χ3v) is 7.37. The summed E-state index contributed by atoms with van der Waals surface area (Å²) in [5, 5.41) is 0. The van der Waals surface area contributed by atoms with Crippen LogP contribution in [0.25, 0.3) is 0 Å². The number of hydrogen-bond acceptors (Lipinski definition) is 4. The van der Waals surface area contributed by atoms with E-state index < -0.39 is 0 Å². The first-order valence-corrected chi connectivity index (χ1v) is 10.7. The van der Waals surface area contributed by atoms with E-state index in [4.69, 9.17) is 4.99 Å². The predicted octanol–water partition coefficient (Wildman–Crippen LogP) is 4.57. The quantitative estimate of drug-likeness (QED) is 0.604. The van der Waals surface area contributed by atoms with Gasteiger partial charge in [0, 0.05) is 31.2 Å². The molecule has 2 aromatic rings. The molecule has 1 spiro atoms. The second-order valence-electron chi connectivity index (χ2n) is 8.57. The molecule has 3 heterocycles. The zero-order chi connectivity index (χ0) is 19.4. The van der Waals surface area contributed by atoms with Crippen molar-refractivity contribution in [2.45, 2.75) is 31.2 Å². The van der Waals surface area contributed by atoms with E-state index in [2.05, 4.69) is 71.3 Å². The molecule has 29 heavy (non-hydrogen) atoms. The van der Waals surface area contributed by atoms with E-state index in [9.17, 15) is 0 Å². The first kappa shape index (κ1) is 17.0. The van der Waals surface area contributed by atoms with Gasteiger partial charge in [-0.2, -0.15) is 0 Å². The molecule has 2 aromatic carbocycles. The minimum Gasteiger partial charge on any atom is -0.308 e. The first-order chi connectivity index (χ1) is 14.3. The Morgan fingerprint density at radius 2 is 1.93 bits per heavy atom. The summed E-state index contributed by atoms with van der Waals surface area (Å²) in [5.41, 5.74) is 14.6.